The van der Waals surface area contributed by atoms with Crippen LogP contribution in [0.25, 0.3) is 10.2 Å². The van der Waals surface area contributed by atoms with Crippen LogP contribution in [0.4, 0.5) is 10.8 Å². The van der Waals surface area contributed by atoms with Gasteiger partial charge in [-0.1, -0.05) is 23.5 Å². The molecule has 0 bridgehead atoms. The van der Waals surface area contributed by atoms with E-state index in [1.807, 2.05) is 36.2 Å². The number of nitrogens with zero attached hydrogens (tertiary/aromatic N) is 3. The summed E-state index contributed by atoms with van der Waals surface area (Å²) in [5.41, 5.74) is 5.58. The van der Waals surface area contributed by atoms with Crippen molar-refractivity contribution < 1.29 is 14.5 Å². The highest BCUT2D eigenvalue weighted by molar-refractivity contribution is 7.21. The van der Waals surface area contributed by atoms with Crippen molar-refractivity contribution in [2.45, 2.75) is 6.92 Å². The van der Waals surface area contributed by atoms with Gasteiger partial charge in [0.1, 0.15) is 11.3 Å². The molecule has 1 atom stereocenters. The fraction of sp³-hybridized carbons (Fsp3) is 0.278. The number of anilines is 1. The first-order valence-corrected chi connectivity index (χ1v) is 9.59. The number of amides is 1. The molecule has 8 nitrogen and oxygen atoms in total. The molecule has 0 saturated carbocycles. The molecule has 2 aromatic heterocycles. The van der Waals surface area contributed by atoms with Gasteiger partial charge in [0.15, 0.2) is 0 Å². The summed E-state index contributed by atoms with van der Waals surface area (Å²) in [5, 5.41) is 3.01. The van der Waals surface area contributed by atoms with Crippen molar-refractivity contribution in [2.24, 2.45) is 0 Å². The first-order chi connectivity index (χ1) is 13.1. The molecule has 4 heterocycles. The minimum Gasteiger partial charge on any atom is -0.378 e. The van der Waals surface area contributed by atoms with Gasteiger partial charge in [-0.2, -0.15) is 4.98 Å². The summed E-state index contributed by atoms with van der Waals surface area (Å²) < 4.78 is 7.99. The van der Waals surface area contributed by atoms with Crippen LogP contribution in [-0.2, 0) is 4.74 Å². The molecule has 5 rings (SSSR count). The summed E-state index contributed by atoms with van der Waals surface area (Å²) in [4.78, 5) is 30.4. The highest BCUT2D eigenvalue weighted by Crippen LogP contribution is 2.26. The second kappa shape index (κ2) is 6.15. The normalized spacial score (nSPS) is 19.4. The fourth-order valence-electron chi connectivity index (χ4n) is 3.66. The van der Waals surface area contributed by atoms with Crippen molar-refractivity contribution in [1.29, 1.82) is 0 Å². The molecule has 138 valence electrons. The number of benzene rings is 1. The van der Waals surface area contributed by atoms with Crippen molar-refractivity contribution in [3.63, 3.8) is 0 Å². The molecule has 1 saturated heterocycles. The summed E-state index contributed by atoms with van der Waals surface area (Å²) in [5.74, 6) is -0.122. The summed E-state index contributed by atoms with van der Waals surface area (Å²) in [6.45, 7) is 4.19. The first-order valence-electron chi connectivity index (χ1n) is 8.78. The Balaban J connectivity index is 1.57. The van der Waals surface area contributed by atoms with E-state index >= 15 is 0 Å². The molecule has 0 aliphatic carbocycles. The number of nitrogens with one attached hydrogen (secondary N) is 2. The lowest BCUT2D eigenvalue weighted by molar-refractivity contribution is -0.709. The molecule has 27 heavy (non-hydrogen) atoms. The molecule has 1 amide bonds. The van der Waals surface area contributed by atoms with Gasteiger partial charge in [0.2, 0.25) is 0 Å². The summed E-state index contributed by atoms with van der Waals surface area (Å²) in [6.07, 6.45) is 0. The van der Waals surface area contributed by atoms with E-state index in [-0.39, 0.29) is 11.5 Å². The van der Waals surface area contributed by atoms with E-state index < -0.39 is 0 Å². The van der Waals surface area contributed by atoms with Crippen LogP contribution in [0.1, 0.15) is 16.1 Å². The van der Waals surface area contributed by atoms with Gasteiger partial charge in [-0.15, -0.1) is 5.01 Å². The third kappa shape index (κ3) is 2.54. The number of hydrogen-bond donors (Lipinski definition) is 2. The molecule has 1 unspecified atom stereocenters. The minimum absolute atomic E-state index is 0.122. The molecular formula is C18H18N5O3S+. The first kappa shape index (κ1) is 16.4. The van der Waals surface area contributed by atoms with Crippen molar-refractivity contribution in [3.05, 3.63) is 51.9 Å². The zero-order valence-corrected chi connectivity index (χ0v) is 15.5. The van der Waals surface area contributed by atoms with E-state index in [1.54, 1.807) is 4.68 Å². The number of fused-ring (bicyclic) bond motifs is 2. The molecule has 2 N–H and O–H groups in total. The molecule has 1 aromatic carbocycles. The lowest BCUT2D eigenvalue weighted by Gasteiger charge is -2.31. The zero-order valence-electron chi connectivity index (χ0n) is 14.7. The average Bonchev–Trinajstić information content (AvgIpc) is 3.23. The molecule has 0 radical (unpaired) electrons. The largest absolute Gasteiger partial charge is 0.379 e. The molecule has 0 spiro atoms. The number of ether oxygens (including phenoxy) is 1. The summed E-state index contributed by atoms with van der Waals surface area (Å²) in [6, 6.07) is 9.28. The maximum atomic E-state index is 13.1. The van der Waals surface area contributed by atoms with E-state index in [1.165, 1.54) is 17.4 Å². The highest BCUT2D eigenvalue weighted by atomic mass is 32.1. The fourth-order valence-corrected chi connectivity index (χ4v) is 4.62. The van der Waals surface area contributed by atoms with E-state index in [2.05, 4.69) is 10.4 Å². The number of pyridine rings is 1. The SMILES string of the molecule is Cc1c2c(cc(=O)n1N1CCOCC1)N[NH+](c1nc3ccccc3s1)C2=O. The summed E-state index contributed by atoms with van der Waals surface area (Å²) >= 11 is 1.47. The molecule has 9 heteroatoms. The van der Waals surface area contributed by atoms with Gasteiger partial charge in [-0.25, -0.2) is 14.9 Å². The van der Waals surface area contributed by atoms with Crippen LogP contribution in [0.3, 0.4) is 0 Å². The summed E-state index contributed by atoms with van der Waals surface area (Å²) in [7, 11) is 0. The van der Waals surface area contributed by atoms with Crippen LogP contribution in [-0.4, -0.2) is 41.9 Å². The van der Waals surface area contributed by atoms with E-state index in [0.29, 0.717) is 53.4 Å². The van der Waals surface area contributed by atoms with Gasteiger partial charge in [0.05, 0.1) is 42.2 Å². The van der Waals surface area contributed by atoms with Gasteiger partial charge in [0.25, 0.3) is 5.56 Å². The third-order valence-electron chi connectivity index (χ3n) is 4.92. The van der Waals surface area contributed by atoms with Gasteiger partial charge in [0, 0.05) is 6.07 Å². The number of carbonyl (C=O) groups is 1. The van der Waals surface area contributed by atoms with Crippen molar-refractivity contribution in [1.82, 2.24) is 9.66 Å². The monoisotopic (exact) mass is 384 g/mol. The molecule has 3 aromatic rings. The molecular weight excluding hydrogens is 366 g/mol. The minimum atomic E-state index is -0.154. The number of hydrogen-bond acceptors (Lipinski definition) is 7. The number of rotatable bonds is 2. The second-order valence-corrected chi connectivity index (χ2v) is 7.58. The number of para-hydroxylation sites is 1. The standard InChI is InChI=1S/C18H17N5O3S/c1-11-16-13(10-15(24)23(11)21-6-8-26-9-7-21)20-22(17(16)25)18-19-12-4-2-3-5-14(12)27-18/h2-5,10,20H,6-9H2,1H3/p+1. The lowest BCUT2D eigenvalue weighted by atomic mass is 10.1. The Kier molecular flexibility index (Phi) is 3.74. The quantitative estimate of drug-likeness (QED) is 0.667. The lowest BCUT2D eigenvalue weighted by Crippen LogP contribution is -3.11. The van der Waals surface area contributed by atoms with Crippen molar-refractivity contribution in [2.75, 3.05) is 36.7 Å². The number of thiazole rings is 1. The third-order valence-corrected chi connectivity index (χ3v) is 5.97. The topological polar surface area (TPSA) is 80.9 Å². The molecule has 1 fully saturated rings. The van der Waals surface area contributed by atoms with Gasteiger partial charge in [-0.05, 0) is 19.1 Å². The molecule has 2 aliphatic rings. The maximum absolute atomic E-state index is 13.1. The average molecular weight is 384 g/mol. The number of quaternary nitrogens is 1. The van der Waals surface area contributed by atoms with E-state index in [4.69, 9.17) is 4.74 Å². The van der Waals surface area contributed by atoms with Gasteiger partial charge < -0.3 is 9.75 Å². The van der Waals surface area contributed by atoms with Crippen LogP contribution >= 0.6 is 11.3 Å². The van der Waals surface area contributed by atoms with Gasteiger partial charge >= 0.3 is 11.0 Å². The van der Waals surface area contributed by atoms with Crippen LogP contribution in [0.2, 0.25) is 0 Å². The van der Waals surface area contributed by atoms with Crippen molar-refractivity contribution >= 4 is 38.3 Å². The highest BCUT2D eigenvalue weighted by Gasteiger charge is 2.40. The number of aromatic nitrogens is 2. The van der Waals surface area contributed by atoms with Crippen molar-refractivity contribution in [3.8, 4) is 0 Å². The smallest absolute Gasteiger partial charge is 0.378 e. The van der Waals surface area contributed by atoms with Crippen LogP contribution < -0.4 is 21.0 Å². The zero-order chi connectivity index (χ0) is 18.5. The second-order valence-electron chi connectivity index (χ2n) is 6.55. The van der Waals surface area contributed by atoms with E-state index in [9.17, 15) is 9.59 Å². The number of carbonyl (C=O) groups excluding carboxylic acids is 1. The van der Waals surface area contributed by atoms with Crippen LogP contribution in [0.5, 0.6) is 0 Å². The Morgan fingerprint density at radius 2 is 2.00 bits per heavy atom. The Bertz CT molecular complexity index is 1080. The van der Waals surface area contributed by atoms with Crippen LogP contribution in [0, 0.1) is 6.92 Å². The van der Waals surface area contributed by atoms with Gasteiger partial charge in [-0.3, -0.25) is 4.79 Å². The number of morpholine rings is 1. The Hall–Kier alpha value is -2.75. The Labute approximate surface area is 158 Å². The van der Waals surface area contributed by atoms with Crippen LogP contribution in [0.15, 0.2) is 35.1 Å². The Morgan fingerprint density at radius 1 is 1.22 bits per heavy atom. The van der Waals surface area contributed by atoms with E-state index in [0.717, 1.165) is 10.2 Å². The Morgan fingerprint density at radius 3 is 2.78 bits per heavy atom. The molecule has 2 aliphatic heterocycles. The maximum Gasteiger partial charge on any atom is 0.379 e. The predicted molar refractivity (Wildman–Crippen MR) is 102 cm³/mol. The predicted octanol–water partition coefficient (Wildman–Crippen LogP) is 0.432.